The summed E-state index contributed by atoms with van der Waals surface area (Å²) < 4.78 is 18.8. The summed E-state index contributed by atoms with van der Waals surface area (Å²) in [6.07, 6.45) is 0.838. The van der Waals surface area contributed by atoms with Crippen LogP contribution in [-0.4, -0.2) is 48.4 Å². The second-order valence-corrected chi connectivity index (χ2v) is 5.21. The van der Waals surface area contributed by atoms with Gasteiger partial charge in [-0.25, -0.2) is 4.39 Å². The van der Waals surface area contributed by atoms with E-state index in [1.165, 1.54) is 12.1 Å². The highest BCUT2D eigenvalue weighted by molar-refractivity contribution is 6.30. The van der Waals surface area contributed by atoms with Gasteiger partial charge in [0, 0.05) is 31.7 Å². The molecule has 0 saturated carbocycles. The number of nitrogens with two attached hydrogens (primary N) is 1. The Hall–Kier alpha value is -0.880. The average molecular weight is 289 g/mol. The van der Waals surface area contributed by atoms with Gasteiger partial charge in [-0.1, -0.05) is 11.6 Å². The van der Waals surface area contributed by atoms with E-state index in [1.807, 2.05) is 0 Å². The number of rotatable bonds is 6. The second kappa shape index (κ2) is 6.52. The SMILES string of the molecule is N[C@H](CO)CCN1CC(Oc2ccc(Cl)c(F)c2)C1. The molecule has 1 aromatic carbocycles. The first-order valence-corrected chi connectivity index (χ1v) is 6.67. The van der Waals surface area contributed by atoms with Crippen LogP contribution in [0.5, 0.6) is 5.75 Å². The lowest BCUT2D eigenvalue weighted by atomic mass is 10.1. The number of benzene rings is 1. The molecule has 0 amide bonds. The molecule has 6 heteroatoms. The van der Waals surface area contributed by atoms with Crippen molar-refractivity contribution in [3.05, 3.63) is 29.0 Å². The van der Waals surface area contributed by atoms with Crippen LogP contribution in [0.15, 0.2) is 18.2 Å². The van der Waals surface area contributed by atoms with Crippen LogP contribution >= 0.6 is 11.6 Å². The van der Waals surface area contributed by atoms with Crippen molar-refractivity contribution in [2.45, 2.75) is 18.6 Å². The topological polar surface area (TPSA) is 58.7 Å². The molecule has 0 bridgehead atoms. The van der Waals surface area contributed by atoms with Crippen LogP contribution in [0.3, 0.4) is 0 Å². The van der Waals surface area contributed by atoms with Gasteiger partial charge in [-0.3, -0.25) is 4.90 Å². The smallest absolute Gasteiger partial charge is 0.145 e. The van der Waals surface area contributed by atoms with E-state index in [4.69, 9.17) is 27.2 Å². The second-order valence-electron chi connectivity index (χ2n) is 4.81. The molecule has 19 heavy (non-hydrogen) atoms. The van der Waals surface area contributed by atoms with Crippen molar-refractivity contribution < 1.29 is 14.2 Å². The normalized spacial score (nSPS) is 18.1. The fourth-order valence-corrected chi connectivity index (χ4v) is 2.08. The summed E-state index contributed by atoms with van der Waals surface area (Å²) in [4.78, 5) is 2.19. The van der Waals surface area contributed by atoms with Gasteiger partial charge in [0.15, 0.2) is 0 Å². The zero-order valence-corrected chi connectivity index (χ0v) is 11.3. The predicted octanol–water partition coefficient (Wildman–Crippen LogP) is 1.25. The van der Waals surface area contributed by atoms with E-state index in [0.717, 1.165) is 26.1 Å². The van der Waals surface area contributed by atoms with Gasteiger partial charge in [-0.15, -0.1) is 0 Å². The number of likely N-dealkylation sites (tertiary alicyclic amines) is 1. The van der Waals surface area contributed by atoms with E-state index in [0.29, 0.717) is 5.75 Å². The molecular formula is C13H18ClFN2O2. The lowest BCUT2D eigenvalue weighted by molar-refractivity contribution is 0.0173. The van der Waals surface area contributed by atoms with Gasteiger partial charge in [-0.05, 0) is 18.6 Å². The number of nitrogens with zero attached hydrogens (tertiary/aromatic N) is 1. The summed E-state index contributed by atoms with van der Waals surface area (Å²) in [6, 6.07) is 4.29. The Morgan fingerprint density at radius 1 is 1.53 bits per heavy atom. The lowest BCUT2D eigenvalue weighted by Crippen LogP contribution is -2.54. The zero-order chi connectivity index (χ0) is 13.8. The molecular weight excluding hydrogens is 271 g/mol. The van der Waals surface area contributed by atoms with Crippen LogP contribution in [-0.2, 0) is 0 Å². The van der Waals surface area contributed by atoms with Gasteiger partial charge < -0.3 is 15.6 Å². The molecule has 106 valence electrons. The molecule has 0 radical (unpaired) electrons. The third kappa shape index (κ3) is 4.04. The van der Waals surface area contributed by atoms with Crippen molar-refractivity contribution in [2.24, 2.45) is 5.73 Å². The third-order valence-electron chi connectivity index (χ3n) is 3.17. The first-order chi connectivity index (χ1) is 9.08. The van der Waals surface area contributed by atoms with Gasteiger partial charge in [0.25, 0.3) is 0 Å². The van der Waals surface area contributed by atoms with Crippen LogP contribution < -0.4 is 10.5 Å². The molecule has 1 saturated heterocycles. The van der Waals surface area contributed by atoms with E-state index < -0.39 is 5.82 Å². The number of hydrogen-bond acceptors (Lipinski definition) is 4. The molecule has 0 unspecified atom stereocenters. The minimum Gasteiger partial charge on any atom is -0.488 e. The fourth-order valence-electron chi connectivity index (χ4n) is 1.96. The number of hydrogen-bond donors (Lipinski definition) is 2. The third-order valence-corrected chi connectivity index (χ3v) is 3.47. The van der Waals surface area contributed by atoms with Gasteiger partial charge in [0.2, 0.25) is 0 Å². The van der Waals surface area contributed by atoms with Crippen molar-refractivity contribution in [3.63, 3.8) is 0 Å². The number of halogens is 2. The van der Waals surface area contributed by atoms with Gasteiger partial charge in [-0.2, -0.15) is 0 Å². The van der Waals surface area contributed by atoms with Crippen LogP contribution in [0.25, 0.3) is 0 Å². The van der Waals surface area contributed by atoms with Crippen LogP contribution in [0.1, 0.15) is 6.42 Å². The van der Waals surface area contributed by atoms with Crippen molar-refractivity contribution >= 4 is 11.6 Å². The van der Waals surface area contributed by atoms with Gasteiger partial charge >= 0.3 is 0 Å². The first-order valence-electron chi connectivity index (χ1n) is 6.29. The van der Waals surface area contributed by atoms with E-state index in [-0.39, 0.29) is 23.8 Å². The molecule has 0 aromatic heterocycles. The highest BCUT2D eigenvalue weighted by Crippen LogP contribution is 2.23. The van der Waals surface area contributed by atoms with Crippen molar-refractivity contribution in [3.8, 4) is 5.75 Å². The summed E-state index contributed by atoms with van der Waals surface area (Å²) in [6.45, 7) is 2.44. The summed E-state index contributed by atoms with van der Waals surface area (Å²) in [7, 11) is 0. The predicted molar refractivity (Wildman–Crippen MR) is 71.9 cm³/mol. The molecule has 4 nitrogen and oxygen atoms in total. The maximum Gasteiger partial charge on any atom is 0.145 e. The summed E-state index contributed by atoms with van der Waals surface area (Å²) in [5, 5.41) is 8.92. The average Bonchev–Trinajstić information content (AvgIpc) is 2.35. The molecule has 0 spiro atoms. The molecule has 1 fully saturated rings. The van der Waals surface area contributed by atoms with Gasteiger partial charge in [0.1, 0.15) is 17.7 Å². The molecule has 0 aliphatic carbocycles. The Kier molecular flexibility index (Phi) is 4.99. The highest BCUT2D eigenvalue weighted by Gasteiger charge is 2.28. The summed E-state index contributed by atoms with van der Waals surface area (Å²) in [5.41, 5.74) is 5.63. The molecule has 1 atom stereocenters. The van der Waals surface area contributed by atoms with E-state index in [2.05, 4.69) is 4.90 Å². The molecule has 1 aliphatic rings. The molecule has 1 heterocycles. The Labute approximate surface area is 116 Å². The Morgan fingerprint density at radius 2 is 2.26 bits per heavy atom. The van der Waals surface area contributed by atoms with Crippen molar-refractivity contribution in [1.82, 2.24) is 4.90 Å². The minimum absolute atomic E-state index is 0.0117. The fraction of sp³-hybridized carbons (Fsp3) is 0.538. The monoisotopic (exact) mass is 288 g/mol. The molecule has 2 rings (SSSR count). The van der Waals surface area contributed by atoms with E-state index in [1.54, 1.807) is 6.07 Å². The largest absolute Gasteiger partial charge is 0.488 e. The summed E-state index contributed by atoms with van der Waals surface area (Å²) >= 11 is 5.60. The number of aliphatic hydroxyl groups excluding tert-OH is 1. The van der Waals surface area contributed by atoms with Crippen LogP contribution in [0, 0.1) is 5.82 Å². The Morgan fingerprint density at radius 3 is 2.89 bits per heavy atom. The standard InChI is InChI=1S/C13H18ClFN2O2/c14-12-2-1-10(5-13(12)15)19-11-6-17(7-11)4-3-9(16)8-18/h1-2,5,9,11,18H,3-4,6-8,16H2/t9-/m0/s1. The zero-order valence-electron chi connectivity index (χ0n) is 10.6. The number of ether oxygens (including phenoxy) is 1. The quantitative estimate of drug-likeness (QED) is 0.827. The Bertz CT molecular complexity index is 427. The summed E-state index contributed by atoms with van der Waals surface area (Å²) in [5.74, 6) is 0.0304. The van der Waals surface area contributed by atoms with Crippen LogP contribution in [0.4, 0.5) is 4.39 Å². The Balaban J connectivity index is 1.71. The maximum atomic E-state index is 13.2. The highest BCUT2D eigenvalue weighted by atomic mass is 35.5. The number of aliphatic hydroxyl groups is 1. The molecule has 3 N–H and O–H groups in total. The van der Waals surface area contributed by atoms with E-state index >= 15 is 0 Å². The molecule has 1 aliphatic heterocycles. The van der Waals surface area contributed by atoms with Crippen LogP contribution in [0.2, 0.25) is 5.02 Å². The lowest BCUT2D eigenvalue weighted by Gasteiger charge is -2.39. The van der Waals surface area contributed by atoms with E-state index in [9.17, 15) is 4.39 Å². The minimum atomic E-state index is -0.468. The molecule has 1 aromatic rings. The first kappa shape index (κ1) is 14.5. The van der Waals surface area contributed by atoms with Crippen molar-refractivity contribution in [1.29, 1.82) is 0 Å². The van der Waals surface area contributed by atoms with Gasteiger partial charge in [0.05, 0.1) is 11.6 Å². The van der Waals surface area contributed by atoms with Crippen molar-refractivity contribution in [2.75, 3.05) is 26.2 Å². The maximum absolute atomic E-state index is 13.2.